The lowest BCUT2D eigenvalue weighted by atomic mass is 9.99. The maximum atomic E-state index is 12.4. The Morgan fingerprint density at radius 2 is 1.33 bits per heavy atom. The van der Waals surface area contributed by atoms with E-state index >= 15 is 0 Å². The van der Waals surface area contributed by atoms with E-state index in [0.717, 1.165) is 15.2 Å². The maximum absolute atomic E-state index is 12.4. The molecule has 120 valence electrons. The second-order valence-electron chi connectivity index (χ2n) is 5.39. The van der Waals surface area contributed by atoms with Crippen molar-refractivity contribution in [2.24, 2.45) is 0 Å². The molecule has 0 saturated heterocycles. The minimum Gasteiger partial charge on any atom is -0.294 e. The molecule has 0 N–H and O–H groups in total. The van der Waals surface area contributed by atoms with E-state index in [2.05, 4.69) is 15.9 Å². The third-order valence-electron chi connectivity index (χ3n) is 3.63. The van der Waals surface area contributed by atoms with E-state index in [1.807, 2.05) is 24.3 Å². The van der Waals surface area contributed by atoms with Crippen LogP contribution in [0.15, 0.2) is 59.1 Å². The van der Waals surface area contributed by atoms with Gasteiger partial charge in [0.1, 0.15) is 0 Å². The van der Waals surface area contributed by atoms with Gasteiger partial charge in [0, 0.05) is 25.6 Å². The van der Waals surface area contributed by atoms with Gasteiger partial charge in [-0.1, -0.05) is 57.3 Å². The van der Waals surface area contributed by atoms with Gasteiger partial charge in [0.25, 0.3) is 0 Å². The number of fused-ring (bicyclic) bond motifs is 1. The van der Waals surface area contributed by atoms with E-state index in [4.69, 9.17) is 23.2 Å². The van der Waals surface area contributed by atoms with Crippen molar-refractivity contribution in [3.63, 3.8) is 0 Å². The zero-order chi connectivity index (χ0) is 17.3. The minimum absolute atomic E-state index is 0.224. The van der Waals surface area contributed by atoms with Crippen LogP contribution in [0.5, 0.6) is 0 Å². The van der Waals surface area contributed by atoms with Crippen molar-refractivity contribution in [3.05, 3.63) is 80.2 Å². The number of Topliss-reactive ketones (excluding diaryl/α,β-unsaturated/α-hetero) is 2. The minimum atomic E-state index is -0.305. The summed E-state index contributed by atoms with van der Waals surface area (Å²) in [6, 6.07) is 15.8. The maximum Gasteiger partial charge on any atom is 0.170 e. The van der Waals surface area contributed by atoms with Gasteiger partial charge >= 0.3 is 0 Å². The summed E-state index contributed by atoms with van der Waals surface area (Å²) < 4.78 is 0.974. The van der Waals surface area contributed by atoms with Crippen molar-refractivity contribution in [1.29, 1.82) is 0 Å². The van der Waals surface area contributed by atoms with E-state index in [1.165, 1.54) is 12.1 Å². The van der Waals surface area contributed by atoms with Gasteiger partial charge in [-0.3, -0.25) is 9.59 Å². The summed E-state index contributed by atoms with van der Waals surface area (Å²) in [5.74, 6) is -0.541. The third-order valence-corrected chi connectivity index (χ3v) is 4.56. The lowest BCUT2D eigenvalue weighted by molar-refractivity contribution is 0.0894. The largest absolute Gasteiger partial charge is 0.294 e. The molecule has 0 saturated carbocycles. The summed E-state index contributed by atoms with van der Waals surface area (Å²) in [5, 5.41) is 2.71. The van der Waals surface area contributed by atoms with Gasteiger partial charge in [0.2, 0.25) is 0 Å². The molecule has 24 heavy (non-hydrogen) atoms. The van der Waals surface area contributed by atoms with Crippen LogP contribution in [0.3, 0.4) is 0 Å². The van der Waals surface area contributed by atoms with Crippen molar-refractivity contribution in [3.8, 4) is 0 Å². The monoisotopic (exact) mass is 420 g/mol. The molecule has 0 fully saturated rings. The fourth-order valence-electron chi connectivity index (χ4n) is 2.45. The predicted octanol–water partition coefficient (Wildman–Crippen LogP) is 6.36. The topological polar surface area (TPSA) is 34.1 Å². The fourth-order valence-corrected chi connectivity index (χ4v) is 3.36. The molecule has 0 radical (unpaired) electrons. The van der Waals surface area contributed by atoms with Crippen LogP contribution in [0.1, 0.15) is 27.1 Å². The van der Waals surface area contributed by atoms with Gasteiger partial charge in [0.05, 0.1) is 6.42 Å². The lowest BCUT2D eigenvalue weighted by Gasteiger charge is -2.05. The zero-order valence-electron chi connectivity index (χ0n) is 12.4. The smallest absolute Gasteiger partial charge is 0.170 e. The molecule has 0 atom stereocenters. The molecule has 0 spiro atoms. The predicted molar refractivity (Wildman–Crippen MR) is 101 cm³/mol. The van der Waals surface area contributed by atoms with Crippen LogP contribution in [0.4, 0.5) is 0 Å². The molecule has 0 aliphatic rings. The van der Waals surface area contributed by atoms with Crippen molar-refractivity contribution in [2.75, 3.05) is 0 Å². The Morgan fingerprint density at radius 1 is 0.750 bits per heavy atom. The van der Waals surface area contributed by atoms with Crippen LogP contribution in [0.2, 0.25) is 10.0 Å². The zero-order valence-corrected chi connectivity index (χ0v) is 15.5. The first kappa shape index (κ1) is 17.2. The number of halogens is 3. The highest BCUT2D eigenvalue weighted by Crippen LogP contribution is 2.23. The molecule has 0 aromatic heterocycles. The van der Waals surface area contributed by atoms with Crippen LogP contribution in [0.25, 0.3) is 10.8 Å². The number of carbonyl (C=O) groups is 2. The summed E-state index contributed by atoms with van der Waals surface area (Å²) in [6.45, 7) is 0. The molecule has 0 bridgehead atoms. The Balaban J connectivity index is 1.84. The highest BCUT2D eigenvalue weighted by Gasteiger charge is 2.15. The Hall–Kier alpha value is -1.68. The first-order valence-corrected chi connectivity index (χ1v) is 8.69. The SMILES string of the molecule is O=C(CC(=O)c1ccc2cc(Br)ccc2c1)c1cc(Cl)cc(Cl)c1. The average Bonchev–Trinajstić information content (AvgIpc) is 2.53. The fraction of sp³-hybridized carbons (Fsp3) is 0.0526. The van der Waals surface area contributed by atoms with Gasteiger partial charge in [0.15, 0.2) is 11.6 Å². The summed E-state index contributed by atoms with van der Waals surface area (Å²) in [7, 11) is 0. The molecule has 2 nitrogen and oxygen atoms in total. The highest BCUT2D eigenvalue weighted by molar-refractivity contribution is 9.10. The highest BCUT2D eigenvalue weighted by atomic mass is 79.9. The molecule has 0 unspecified atom stereocenters. The molecular formula is C19H11BrCl2O2. The number of hydrogen-bond acceptors (Lipinski definition) is 2. The van der Waals surface area contributed by atoms with Gasteiger partial charge < -0.3 is 0 Å². The number of carbonyl (C=O) groups excluding carboxylic acids is 2. The molecule has 0 amide bonds. The summed E-state index contributed by atoms with van der Waals surface area (Å²) in [5.41, 5.74) is 0.844. The van der Waals surface area contributed by atoms with E-state index < -0.39 is 0 Å². The lowest BCUT2D eigenvalue weighted by Crippen LogP contribution is -2.08. The number of ketones is 2. The average molecular weight is 422 g/mol. The van der Waals surface area contributed by atoms with Crippen molar-refractivity contribution in [2.45, 2.75) is 6.42 Å². The van der Waals surface area contributed by atoms with Gasteiger partial charge in [-0.25, -0.2) is 0 Å². The summed E-state index contributed by atoms with van der Waals surface area (Å²) in [4.78, 5) is 24.7. The molecule has 3 aromatic carbocycles. The standard InChI is InChI=1S/C19H11BrCl2O2/c20-15-4-3-11-5-13(2-1-12(11)6-15)18(23)10-19(24)14-7-16(21)9-17(22)8-14/h1-9H,10H2. The Morgan fingerprint density at radius 3 is 2.04 bits per heavy atom. The van der Waals surface area contributed by atoms with Gasteiger partial charge in [-0.05, 0) is 47.2 Å². The van der Waals surface area contributed by atoms with E-state index in [0.29, 0.717) is 21.2 Å². The summed E-state index contributed by atoms with van der Waals surface area (Å²) >= 11 is 15.2. The van der Waals surface area contributed by atoms with Gasteiger partial charge in [-0.15, -0.1) is 0 Å². The molecule has 0 aliphatic heterocycles. The van der Waals surface area contributed by atoms with E-state index in [9.17, 15) is 9.59 Å². The van der Waals surface area contributed by atoms with E-state index in [-0.39, 0.29) is 18.0 Å². The molecule has 0 heterocycles. The van der Waals surface area contributed by atoms with Gasteiger partial charge in [-0.2, -0.15) is 0 Å². The Kier molecular flexibility index (Phi) is 5.04. The van der Waals surface area contributed by atoms with Crippen LogP contribution in [-0.2, 0) is 0 Å². The normalized spacial score (nSPS) is 10.8. The second kappa shape index (κ2) is 7.06. The van der Waals surface area contributed by atoms with Crippen LogP contribution >= 0.6 is 39.1 Å². The summed E-state index contributed by atoms with van der Waals surface area (Å²) in [6.07, 6.45) is -0.224. The van der Waals surface area contributed by atoms with Crippen LogP contribution in [0, 0.1) is 0 Å². The van der Waals surface area contributed by atoms with Crippen molar-refractivity contribution >= 4 is 61.5 Å². The third kappa shape index (κ3) is 3.86. The van der Waals surface area contributed by atoms with E-state index in [1.54, 1.807) is 18.2 Å². The number of rotatable bonds is 4. The molecule has 0 aliphatic carbocycles. The second-order valence-corrected chi connectivity index (χ2v) is 7.18. The van der Waals surface area contributed by atoms with Crippen LogP contribution in [-0.4, -0.2) is 11.6 Å². The molecule has 3 aromatic rings. The first-order chi connectivity index (χ1) is 11.4. The number of hydrogen-bond donors (Lipinski definition) is 0. The Bertz CT molecular complexity index is 946. The van der Waals surface area contributed by atoms with Crippen molar-refractivity contribution in [1.82, 2.24) is 0 Å². The number of benzene rings is 3. The Labute approximate surface area is 157 Å². The van der Waals surface area contributed by atoms with Crippen molar-refractivity contribution < 1.29 is 9.59 Å². The molecule has 5 heteroatoms. The first-order valence-electron chi connectivity index (χ1n) is 7.14. The quantitative estimate of drug-likeness (QED) is 0.362. The molecular weight excluding hydrogens is 411 g/mol. The molecule has 3 rings (SSSR count). The van der Waals surface area contributed by atoms with Crippen LogP contribution < -0.4 is 0 Å².